The Morgan fingerprint density at radius 2 is 1.79 bits per heavy atom. The predicted molar refractivity (Wildman–Crippen MR) is 107 cm³/mol. The molecule has 2 aromatic rings. The molecule has 0 spiro atoms. The average molecular weight is 382 g/mol. The number of benzene rings is 2. The zero-order valence-corrected chi connectivity index (χ0v) is 16.4. The molecule has 2 aromatic carbocycles. The van der Waals surface area contributed by atoms with Gasteiger partial charge in [-0.3, -0.25) is 9.59 Å². The second kappa shape index (κ2) is 8.44. The van der Waals surface area contributed by atoms with Gasteiger partial charge in [0.2, 0.25) is 5.91 Å². The van der Waals surface area contributed by atoms with E-state index in [2.05, 4.69) is 0 Å². The number of carbonyl (C=O) groups excluding carboxylic acids is 2. The van der Waals surface area contributed by atoms with Gasteiger partial charge in [-0.1, -0.05) is 50.2 Å². The van der Waals surface area contributed by atoms with Gasteiger partial charge in [0.05, 0.1) is 13.5 Å². The largest absolute Gasteiger partial charge is 0.496 e. The van der Waals surface area contributed by atoms with Gasteiger partial charge in [0.25, 0.3) is 5.91 Å². The first-order chi connectivity index (χ1) is 13.4. The number of ether oxygens (including phenoxy) is 2. The number of hydrogen-bond donors (Lipinski definition) is 1. The standard InChI is InChI=1S/C22H26N2O4/c1-14(2)13-24-17-10-6-4-8-15(17)21(16-9-5-7-11-18(16)27-3)28-19(22(24)26)12-20(23)25/h4-11,14,19,21H,12-13H2,1-3H3,(H2,23,25). The van der Waals surface area contributed by atoms with Gasteiger partial charge in [-0.05, 0) is 18.1 Å². The molecule has 0 saturated heterocycles. The van der Waals surface area contributed by atoms with Crippen LogP contribution in [0, 0.1) is 5.92 Å². The Balaban J connectivity index is 2.17. The fraction of sp³-hybridized carbons (Fsp3) is 0.364. The van der Waals surface area contributed by atoms with E-state index in [4.69, 9.17) is 15.2 Å². The van der Waals surface area contributed by atoms with E-state index in [0.29, 0.717) is 12.3 Å². The monoisotopic (exact) mass is 382 g/mol. The molecule has 1 heterocycles. The molecule has 2 atom stereocenters. The van der Waals surface area contributed by atoms with Crippen LogP contribution in [0.3, 0.4) is 0 Å². The minimum Gasteiger partial charge on any atom is -0.496 e. The van der Waals surface area contributed by atoms with Crippen molar-refractivity contribution < 1.29 is 19.1 Å². The molecule has 0 aliphatic carbocycles. The van der Waals surface area contributed by atoms with Crippen LogP contribution < -0.4 is 15.4 Å². The fourth-order valence-electron chi connectivity index (χ4n) is 3.54. The van der Waals surface area contributed by atoms with Crippen LogP contribution in [-0.2, 0) is 14.3 Å². The van der Waals surface area contributed by atoms with E-state index >= 15 is 0 Å². The second-order valence-electron chi connectivity index (χ2n) is 7.32. The van der Waals surface area contributed by atoms with Crippen molar-refractivity contribution in [3.63, 3.8) is 0 Å². The van der Waals surface area contributed by atoms with Crippen molar-refractivity contribution in [1.29, 1.82) is 0 Å². The van der Waals surface area contributed by atoms with E-state index in [1.165, 1.54) is 0 Å². The number of nitrogens with zero attached hydrogens (tertiary/aromatic N) is 1. The second-order valence-corrected chi connectivity index (χ2v) is 7.32. The molecule has 0 bridgehead atoms. The van der Waals surface area contributed by atoms with Gasteiger partial charge in [-0.25, -0.2) is 0 Å². The van der Waals surface area contributed by atoms with E-state index in [1.807, 2.05) is 62.4 Å². The zero-order chi connectivity index (χ0) is 20.3. The minimum atomic E-state index is -0.960. The number of methoxy groups -OCH3 is 1. The summed E-state index contributed by atoms with van der Waals surface area (Å²) in [7, 11) is 1.60. The smallest absolute Gasteiger partial charge is 0.256 e. The molecular weight excluding hydrogens is 356 g/mol. The Bertz CT molecular complexity index is 865. The van der Waals surface area contributed by atoms with Crippen LogP contribution in [0.1, 0.15) is 37.5 Å². The van der Waals surface area contributed by atoms with Crippen molar-refractivity contribution >= 4 is 17.5 Å². The van der Waals surface area contributed by atoms with Gasteiger partial charge in [-0.2, -0.15) is 0 Å². The lowest BCUT2D eigenvalue weighted by molar-refractivity contribution is -0.137. The number of primary amides is 1. The highest BCUT2D eigenvalue weighted by atomic mass is 16.5. The third kappa shape index (κ3) is 4.02. The summed E-state index contributed by atoms with van der Waals surface area (Å²) in [5, 5.41) is 0. The lowest BCUT2D eigenvalue weighted by atomic mass is 9.98. The molecule has 28 heavy (non-hydrogen) atoms. The summed E-state index contributed by atoms with van der Waals surface area (Å²) in [6.45, 7) is 4.61. The molecule has 1 aliphatic heterocycles. The average Bonchev–Trinajstić information content (AvgIpc) is 2.78. The molecule has 0 aromatic heterocycles. The van der Waals surface area contributed by atoms with Crippen LogP contribution in [-0.4, -0.2) is 31.6 Å². The van der Waals surface area contributed by atoms with Crippen LogP contribution in [0.15, 0.2) is 48.5 Å². The Labute approximate surface area is 165 Å². The van der Waals surface area contributed by atoms with Gasteiger partial charge in [-0.15, -0.1) is 0 Å². The SMILES string of the molecule is COc1ccccc1C1OC(CC(N)=O)C(=O)N(CC(C)C)c2ccccc21. The molecule has 0 radical (unpaired) electrons. The van der Waals surface area contributed by atoms with Crippen LogP contribution >= 0.6 is 0 Å². The van der Waals surface area contributed by atoms with Crippen LogP contribution in [0.4, 0.5) is 5.69 Å². The lowest BCUT2D eigenvalue weighted by Crippen LogP contribution is -2.43. The number of hydrogen-bond acceptors (Lipinski definition) is 4. The highest BCUT2D eigenvalue weighted by Gasteiger charge is 2.38. The van der Waals surface area contributed by atoms with Crippen LogP contribution in [0.5, 0.6) is 5.75 Å². The van der Waals surface area contributed by atoms with Crippen LogP contribution in [0.25, 0.3) is 0 Å². The van der Waals surface area contributed by atoms with E-state index in [1.54, 1.807) is 12.0 Å². The quantitative estimate of drug-likeness (QED) is 0.832. The van der Waals surface area contributed by atoms with Crippen molar-refractivity contribution in [1.82, 2.24) is 0 Å². The van der Waals surface area contributed by atoms with Crippen molar-refractivity contribution in [2.45, 2.75) is 32.5 Å². The Kier molecular flexibility index (Phi) is 5.99. The molecule has 148 valence electrons. The number of rotatable bonds is 6. The van der Waals surface area contributed by atoms with E-state index in [-0.39, 0.29) is 18.2 Å². The Morgan fingerprint density at radius 3 is 2.43 bits per heavy atom. The molecule has 6 heteroatoms. The predicted octanol–water partition coefficient (Wildman–Crippen LogP) is 3.05. The number of anilines is 1. The summed E-state index contributed by atoms with van der Waals surface area (Å²) in [6, 6.07) is 15.2. The lowest BCUT2D eigenvalue weighted by Gasteiger charge is -2.26. The molecule has 2 amide bonds. The van der Waals surface area contributed by atoms with E-state index in [9.17, 15) is 9.59 Å². The summed E-state index contributed by atoms with van der Waals surface area (Å²) in [4.78, 5) is 26.6. The number of nitrogens with two attached hydrogens (primary N) is 1. The normalized spacial score (nSPS) is 19.3. The molecular formula is C22H26N2O4. The number of para-hydroxylation sites is 2. The maximum atomic E-state index is 13.3. The van der Waals surface area contributed by atoms with E-state index < -0.39 is 18.1 Å². The highest BCUT2D eigenvalue weighted by molar-refractivity contribution is 6.00. The fourth-order valence-corrected chi connectivity index (χ4v) is 3.54. The van der Waals surface area contributed by atoms with Gasteiger partial charge in [0, 0.05) is 23.4 Å². The van der Waals surface area contributed by atoms with Crippen molar-refractivity contribution in [2.75, 3.05) is 18.6 Å². The zero-order valence-electron chi connectivity index (χ0n) is 16.4. The van der Waals surface area contributed by atoms with Crippen molar-refractivity contribution in [3.8, 4) is 5.75 Å². The molecule has 0 saturated carbocycles. The molecule has 1 aliphatic rings. The highest BCUT2D eigenvalue weighted by Crippen LogP contribution is 2.41. The van der Waals surface area contributed by atoms with Gasteiger partial charge >= 0.3 is 0 Å². The van der Waals surface area contributed by atoms with Crippen molar-refractivity contribution in [2.24, 2.45) is 11.7 Å². The van der Waals surface area contributed by atoms with Crippen LogP contribution in [0.2, 0.25) is 0 Å². The first kappa shape index (κ1) is 19.9. The summed E-state index contributed by atoms with van der Waals surface area (Å²) in [5.41, 5.74) is 7.85. The number of amides is 2. The molecule has 2 N–H and O–H groups in total. The Morgan fingerprint density at radius 1 is 1.14 bits per heavy atom. The third-order valence-corrected chi connectivity index (χ3v) is 4.71. The first-order valence-electron chi connectivity index (χ1n) is 9.39. The maximum absolute atomic E-state index is 13.3. The topological polar surface area (TPSA) is 81.9 Å². The molecule has 3 rings (SSSR count). The third-order valence-electron chi connectivity index (χ3n) is 4.71. The van der Waals surface area contributed by atoms with Gasteiger partial charge < -0.3 is 20.1 Å². The summed E-state index contributed by atoms with van der Waals surface area (Å²) >= 11 is 0. The van der Waals surface area contributed by atoms with Crippen molar-refractivity contribution in [3.05, 3.63) is 59.7 Å². The molecule has 6 nitrogen and oxygen atoms in total. The Hall–Kier alpha value is -2.86. The number of fused-ring (bicyclic) bond motifs is 1. The number of carbonyl (C=O) groups is 2. The molecule has 0 fully saturated rings. The first-order valence-corrected chi connectivity index (χ1v) is 9.39. The van der Waals surface area contributed by atoms with Gasteiger partial charge in [0.15, 0.2) is 0 Å². The van der Waals surface area contributed by atoms with Gasteiger partial charge in [0.1, 0.15) is 18.0 Å². The summed E-state index contributed by atoms with van der Waals surface area (Å²) in [5.74, 6) is 0.0730. The summed E-state index contributed by atoms with van der Waals surface area (Å²) < 4.78 is 11.7. The minimum absolute atomic E-state index is 0.174. The molecule has 2 unspecified atom stereocenters. The summed E-state index contributed by atoms with van der Waals surface area (Å²) in [6.07, 6.45) is -1.69. The van der Waals surface area contributed by atoms with E-state index in [0.717, 1.165) is 16.8 Å². The maximum Gasteiger partial charge on any atom is 0.256 e.